The molecule has 8 heteroatoms. The minimum Gasteiger partial charge on any atom is -0.395 e. The largest absolute Gasteiger partial charge is 0.433 e. The van der Waals surface area contributed by atoms with Crippen LogP contribution in [-0.4, -0.2) is 34.9 Å². The second-order valence-electron chi connectivity index (χ2n) is 5.86. The van der Waals surface area contributed by atoms with E-state index in [-0.39, 0.29) is 17.8 Å². The van der Waals surface area contributed by atoms with Gasteiger partial charge in [-0.2, -0.15) is 0 Å². The molecule has 0 radical (unpaired) electrons. The molecule has 0 bridgehead atoms. The summed E-state index contributed by atoms with van der Waals surface area (Å²) < 4.78 is 4.98. The molecule has 1 amide bonds. The molecule has 24 heavy (non-hydrogen) atoms. The standard InChI is InChI=1S/C16H19N3O4S/c1-11(17-16(20)12-6-7-14(23-12)19(21)22)15(13-5-4-10-24-13)18-8-2-3-9-18/h4-7,10-11,15H,2-3,8-9H2,1H3,(H,17,20). The molecule has 128 valence electrons. The number of nitrogens with one attached hydrogen (secondary N) is 1. The van der Waals surface area contributed by atoms with E-state index in [0.29, 0.717) is 0 Å². The third-order valence-corrected chi connectivity index (χ3v) is 5.14. The van der Waals surface area contributed by atoms with Gasteiger partial charge in [0.25, 0.3) is 5.91 Å². The molecule has 1 N–H and O–H groups in total. The molecule has 7 nitrogen and oxygen atoms in total. The van der Waals surface area contributed by atoms with Crippen molar-refractivity contribution in [2.24, 2.45) is 0 Å². The van der Waals surface area contributed by atoms with Crippen LogP contribution >= 0.6 is 11.3 Å². The lowest BCUT2D eigenvalue weighted by Crippen LogP contribution is -2.43. The minimum atomic E-state index is -0.654. The van der Waals surface area contributed by atoms with Crippen molar-refractivity contribution in [1.82, 2.24) is 10.2 Å². The van der Waals surface area contributed by atoms with Gasteiger partial charge in [-0.05, 0) is 50.4 Å². The molecular formula is C16H19N3O4S. The predicted molar refractivity (Wildman–Crippen MR) is 90.2 cm³/mol. The Balaban J connectivity index is 1.73. The third-order valence-electron chi connectivity index (χ3n) is 4.20. The number of carbonyl (C=O) groups is 1. The van der Waals surface area contributed by atoms with E-state index in [2.05, 4.69) is 16.3 Å². The first kappa shape index (κ1) is 16.7. The van der Waals surface area contributed by atoms with Crippen molar-refractivity contribution in [3.8, 4) is 0 Å². The summed E-state index contributed by atoms with van der Waals surface area (Å²) in [5.41, 5.74) is 0. The Bertz CT molecular complexity index is 707. The van der Waals surface area contributed by atoms with Gasteiger partial charge >= 0.3 is 5.88 Å². The zero-order chi connectivity index (χ0) is 17.1. The molecule has 0 saturated carbocycles. The normalized spacial score (nSPS) is 17.5. The first-order chi connectivity index (χ1) is 11.6. The Hall–Kier alpha value is -2.19. The number of amides is 1. The lowest BCUT2D eigenvalue weighted by molar-refractivity contribution is -0.402. The predicted octanol–water partition coefficient (Wildman–Crippen LogP) is 3.20. The highest BCUT2D eigenvalue weighted by Crippen LogP contribution is 2.31. The number of nitrogens with zero attached hydrogens (tertiary/aromatic N) is 2. The first-order valence-electron chi connectivity index (χ1n) is 7.89. The molecule has 0 aromatic carbocycles. The molecule has 2 aromatic heterocycles. The second-order valence-corrected chi connectivity index (χ2v) is 6.84. The number of nitro groups is 1. The third kappa shape index (κ3) is 3.49. The lowest BCUT2D eigenvalue weighted by Gasteiger charge is -2.32. The summed E-state index contributed by atoms with van der Waals surface area (Å²) in [6.07, 6.45) is 2.32. The van der Waals surface area contributed by atoms with Crippen LogP contribution in [-0.2, 0) is 0 Å². The summed E-state index contributed by atoms with van der Waals surface area (Å²) in [7, 11) is 0. The number of carbonyl (C=O) groups excluding carboxylic acids is 1. The van der Waals surface area contributed by atoms with E-state index in [0.717, 1.165) is 25.9 Å². The van der Waals surface area contributed by atoms with Crippen LogP contribution in [0.5, 0.6) is 0 Å². The molecular weight excluding hydrogens is 330 g/mol. The number of thiophene rings is 1. The van der Waals surface area contributed by atoms with E-state index in [1.165, 1.54) is 17.0 Å². The summed E-state index contributed by atoms with van der Waals surface area (Å²) in [4.78, 5) is 25.9. The van der Waals surface area contributed by atoms with E-state index in [9.17, 15) is 14.9 Å². The molecule has 2 aromatic rings. The van der Waals surface area contributed by atoms with Gasteiger partial charge in [0.15, 0.2) is 5.76 Å². The maximum Gasteiger partial charge on any atom is 0.433 e. The molecule has 3 heterocycles. The molecule has 1 fully saturated rings. The number of rotatable bonds is 6. The van der Waals surface area contributed by atoms with Crippen molar-refractivity contribution in [2.75, 3.05) is 13.1 Å². The van der Waals surface area contributed by atoms with Crippen LogP contribution in [0.15, 0.2) is 34.1 Å². The van der Waals surface area contributed by atoms with E-state index in [1.54, 1.807) is 11.3 Å². The van der Waals surface area contributed by atoms with E-state index in [4.69, 9.17) is 4.42 Å². The average Bonchev–Trinajstić information content (AvgIpc) is 3.30. The maximum atomic E-state index is 12.3. The summed E-state index contributed by atoms with van der Waals surface area (Å²) in [6.45, 7) is 3.97. The number of furan rings is 1. The highest BCUT2D eigenvalue weighted by atomic mass is 32.1. The topological polar surface area (TPSA) is 88.6 Å². The fourth-order valence-corrected chi connectivity index (χ4v) is 4.09. The number of likely N-dealkylation sites (tertiary alicyclic amines) is 1. The molecule has 0 aliphatic carbocycles. The molecule has 2 atom stereocenters. The van der Waals surface area contributed by atoms with Crippen LogP contribution in [0.25, 0.3) is 0 Å². The van der Waals surface area contributed by atoms with Gasteiger partial charge in [-0.25, -0.2) is 0 Å². The average molecular weight is 349 g/mol. The Labute approximate surface area is 143 Å². The van der Waals surface area contributed by atoms with Crippen molar-refractivity contribution in [3.63, 3.8) is 0 Å². The van der Waals surface area contributed by atoms with Gasteiger partial charge in [0.1, 0.15) is 4.92 Å². The van der Waals surface area contributed by atoms with Crippen LogP contribution in [0.3, 0.4) is 0 Å². The van der Waals surface area contributed by atoms with Gasteiger partial charge in [-0.1, -0.05) is 6.07 Å². The molecule has 1 aliphatic rings. The summed E-state index contributed by atoms with van der Waals surface area (Å²) in [5, 5.41) is 15.6. The molecule has 1 aliphatic heterocycles. The Morgan fingerprint density at radius 3 is 2.71 bits per heavy atom. The smallest absolute Gasteiger partial charge is 0.395 e. The minimum absolute atomic E-state index is 0.0418. The molecule has 3 rings (SSSR count). The highest BCUT2D eigenvalue weighted by molar-refractivity contribution is 7.10. The van der Waals surface area contributed by atoms with Crippen LogP contribution in [0.2, 0.25) is 0 Å². The zero-order valence-corrected chi connectivity index (χ0v) is 14.1. The lowest BCUT2D eigenvalue weighted by atomic mass is 10.1. The summed E-state index contributed by atoms with van der Waals surface area (Å²) in [5.74, 6) is -0.904. The van der Waals surface area contributed by atoms with Gasteiger partial charge < -0.3 is 9.73 Å². The Kier molecular flexibility index (Phi) is 4.96. The monoisotopic (exact) mass is 349 g/mol. The number of hydrogen-bond acceptors (Lipinski definition) is 6. The quantitative estimate of drug-likeness (QED) is 0.639. The van der Waals surface area contributed by atoms with Gasteiger partial charge in [0.2, 0.25) is 0 Å². The number of hydrogen-bond donors (Lipinski definition) is 1. The van der Waals surface area contributed by atoms with E-state index >= 15 is 0 Å². The molecule has 0 spiro atoms. The highest BCUT2D eigenvalue weighted by Gasteiger charge is 2.31. The van der Waals surface area contributed by atoms with Crippen LogP contribution < -0.4 is 5.32 Å². The summed E-state index contributed by atoms with van der Waals surface area (Å²) in [6, 6.07) is 6.56. The second kappa shape index (κ2) is 7.14. The zero-order valence-electron chi connectivity index (χ0n) is 13.3. The molecule has 2 unspecified atom stereocenters. The van der Waals surface area contributed by atoms with Crippen molar-refractivity contribution < 1.29 is 14.1 Å². The Morgan fingerprint density at radius 1 is 1.38 bits per heavy atom. The maximum absolute atomic E-state index is 12.3. The van der Waals surface area contributed by atoms with Crippen LogP contribution in [0.1, 0.15) is 41.2 Å². The fourth-order valence-electron chi connectivity index (χ4n) is 3.13. The van der Waals surface area contributed by atoms with E-state index < -0.39 is 16.7 Å². The van der Waals surface area contributed by atoms with Crippen LogP contribution in [0, 0.1) is 10.1 Å². The summed E-state index contributed by atoms with van der Waals surface area (Å²) >= 11 is 1.67. The van der Waals surface area contributed by atoms with Crippen molar-refractivity contribution >= 4 is 23.1 Å². The van der Waals surface area contributed by atoms with Crippen molar-refractivity contribution in [2.45, 2.75) is 31.8 Å². The van der Waals surface area contributed by atoms with Crippen LogP contribution in [0.4, 0.5) is 5.88 Å². The Morgan fingerprint density at radius 2 is 2.12 bits per heavy atom. The molecule has 1 saturated heterocycles. The fraction of sp³-hybridized carbons (Fsp3) is 0.438. The van der Waals surface area contributed by atoms with Gasteiger partial charge in [-0.15, -0.1) is 11.3 Å². The first-order valence-corrected chi connectivity index (χ1v) is 8.77. The van der Waals surface area contributed by atoms with Crippen molar-refractivity contribution in [1.29, 1.82) is 0 Å². The van der Waals surface area contributed by atoms with E-state index in [1.807, 2.05) is 18.4 Å². The van der Waals surface area contributed by atoms with Gasteiger partial charge in [0, 0.05) is 10.9 Å². The van der Waals surface area contributed by atoms with Gasteiger partial charge in [0.05, 0.1) is 12.1 Å². The van der Waals surface area contributed by atoms with Gasteiger partial charge in [-0.3, -0.25) is 19.8 Å². The SMILES string of the molecule is CC(NC(=O)c1ccc([N+](=O)[O-])o1)C(c1cccs1)N1CCCC1. The van der Waals surface area contributed by atoms with Crippen molar-refractivity contribution in [3.05, 3.63) is 50.4 Å².